The molecule has 0 aliphatic heterocycles. The molecule has 0 saturated carbocycles. The number of hydrogen-bond acceptors (Lipinski definition) is 5. The number of amides is 1. The summed E-state index contributed by atoms with van der Waals surface area (Å²) >= 11 is 11.7. The molecule has 0 radical (unpaired) electrons. The minimum Gasteiger partial charge on any atom is -0.481 e. The third-order valence-electron chi connectivity index (χ3n) is 3.78. The number of pyridine rings is 1. The van der Waals surface area contributed by atoms with E-state index in [2.05, 4.69) is 15.0 Å². The zero-order valence-corrected chi connectivity index (χ0v) is 17.3. The van der Waals surface area contributed by atoms with Gasteiger partial charge in [-0.1, -0.05) is 29.3 Å². The van der Waals surface area contributed by atoms with Gasteiger partial charge in [-0.3, -0.25) is 9.52 Å². The van der Waals surface area contributed by atoms with Gasteiger partial charge in [0.25, 0.3) is 15.9 Å². The maximum absolute atomic E-state index is 12.6. The number of rotatable bonds is 6. The van der Waals surface area contributed by atoms with E-state index in [0.717, 1.165) is 0 Å². The van der Waals surface area contributed by atoms with Crippen molar-refractivity contribution in [1.82, 2.24) is 4.98 Å². The Morgan fingerprint density at radius 3 is 2.45 bits per heavy atom. The van der Waals surface area contributed by atoms with Crippen LogP contribution in [-0.2, 0) is 10.0 Å². The maximum atomic E-state index is 12.6. The number of halogens is 2. The second-order valence-corrected chi connectivity index (χ2v) is 8.30. The summed E-state index contributed by atoms with van der Waals surface area (Å²) in [4.78, 5) is 16.4. The molecule has 7 nitrogen and oxygen atoms in total. The molecule has 29 heavy (non-hydrogen) atoms. The zero-order chi connectivity index (χ0) is 21.0. The van der Waals surface area contributed by atoms with Gasteiger partial charge in [0, 0.05) is 17.3 Å². The molecule has 0 bridgehead atoms. The van der Waals surface area contributed by atoms with E-state index in [1.165, 1.54) is 43.6 Å². The Labute approximate surface area is 177 Å². The summed E-state index contributed by atoms with van der Waals surface area (Å²) in [5, 5.41) is 3.05. The normalized spacial score (nSPS) is 11.0. The van der Waals surface area contributed by atoms with Gasteiger partial charge in [0.2, 0.25) is 5.88 Å². The number of benzene rings is 2. The lowest BCUT2D eigenvalue weighted by Gasteiger charge is -2.11. The predicted molar refractivity (Wildman–Crippen MR) is 112 cm³/mol. The van der Waals surface area contributed by atoms with Crippen LogP contribution in [0.15, 0.2) is 65.7 Å². The Morgan fingerprint density at radius 2 is 1.79 bits per heavy atom. The number of sulfonamides is 1. The van der Waals surface area contributed by atoms with Crippen LogP contribution in [0.5, 0.6) is 5.88 Å². The van der Waals surface area contributed by atoms with E-state index >= 15 is 0 Å². The number of nitrogens with one attached hydrogen (secondary N) is 2. The van der Waals surface area contributed by atoms with E-state index in [9.17, 15) is 13.2 Å². The Bertz CT molecular complexity index is 1150. The number of carbonyl (C=O) groups excluding carboxylic acids is 1. The molecule has 2 N–H and O–H groups in total. The Morgan fingerprint density at radius 1 is 1.00 bits per heavy atom. The van der Waals surface area contributed by atoms with Gasteiger partial charge in [0.15, 0.2) is 0 Å². The van der Waals surface area contributed by atoms with Gasteiger partial charge in [-0.05, 0) is 42.5 Å². The van der Waals surface area contributed by atoms with Crippen molar-refractivity contribution in [1.29, 1.82) is 0 Å². The molecule has 0 atom stereocenters. The minimum atomic E-state index is -3.91. The predicted octanol–water partition coefficient (Wildman–Crippen LogP) is 4.45. The summed E-state index contributed by atoms with van der Waals surface area (Å²) in [5.41, 5.74) is 0.948. The zero-order valence-electron chi connectivity index (χ0n) is 15.0. The number of carbonyl (C=O) groups is 1. The maximum Gasteiger partial charge on any atom is 0.261 e. The fourth-order valence-corrected chi connectivity index (χ4v) is 3.80. The molecular weight excluding hydrogens is 437 g/mol. The third-order valence-corrected chi connectivity index (χ3v) is 5.90. The van der Waals surface area contributed by atoms with E-state index in [0.29, 0.717) is 11.6 Å². The van der Waals surface area contributed by atoms with Crippen molar-refractivity contribution in [2.45, 2.75) is 4.90 Å². The van der Waals surface area contributed by atoms with Crippen LogP contribution in [0, 0.1) is 0 Å². The second-order valence-electron chi connectivity index (χ2n) is 5.81. The van der Waals surface area contributed by atoms with Gasteiger partial charge < -0.3 is 10.1 Å². The number of anilines is 2. The lowest BCUT2D eigenvalue weighted by Crippen LogP contribution is -2.15. The summed E-state index contributed by atoms with van der Waals surface area (Å²) in [6, 6.07) is 13.3. The highest BCUT2D eigenvalue weighted by Gasteiger charge is 2.17. The number of nitrogens with zero attached hydrogens (tertiary/aromatic N) is 1. The Balaban J connectivity index is 1.77. The minimum absolute atomic E-state index is 0.0499. The van der Waals surface area contributed by atoms with Crippen molar-refractivity contribution in [3.63, 3.8) is 0 Å². The topological polar surface area (TPSA) is 97.4 Å². The lowest BCUT2D eigenvalue weighted by atomic mass is 10.2. The van der Waals surface area contributed by atoms with Gasteiger partial charge in [-0.25, -0.2) is 13.4 Å². The quantitative estimate of drug-likeness (QED) is 0.576. The monoisotopic (exact) mass is 451 g/mol. The first-order valence-corrected chi connectivity index (χ1v) is 10.4. The lowest BCUT2D eigenvalue weighted by molar-refractivity contribution is 0.102. The van der Waals surface area contributed by atoms with Gasteiger partial charge in [0.05, 0.1) is 33.9 Å². The van der Waals surface area contributed by atoms with Gasteiger partial charge >= 0.3 is 0 Å². The van der Waals surface area contributed by atoms with Gasteiger partial charge in [0.1, 0.15) is 0 Å². The summed E-state index contributed by atoms with van der Waals surface area (Å²) in [6.07, 6.45) is 1.45. The first-order valence-electron chi connectivity index (χ1n) is 8.18. The number of ether oxygens (including phenoxy) is 1. The average molecular weight is 452 g/mol. The first kappa shape index (κ1) is 20.9. The van der Waals surface area contributed by atoms with Crippen LogP contribution < -0.4 is 14.8 Å². The van der Waals surface area contributed by atoms with E-state index < -0.39 is 15.9 Å². The molecule has 0 aliphatic carbocycles. The van der Waals surface area contributed by atoms with E-state index in [1.54, 1.807) is 24.3 Å². The SMILES string of the molecule is COc1ccc(NC(=O)c2cccc(NS(=O)(=O)c3ccc(Cl)c(Cl)c3)c2)cn1. The molecule has 3 rings (SSSR count). The van der Waals surface area contributed by atoms with Crippen molar-refractivity contribution in [2.75, 3.05) is 17.1 Å². The fourth-order valence-electron chi connectivity index (χ4n) is 2.36. The molecular formula is C19H15Cl2N3O4S. The van der Waals surface area contributed by atoms with Crippen molar-refractivity contribution < 1.29 is 17.9 Å². The summed E-state index contributed by atoms with van der Waals surface area (Å²) < 4.78 is 32.5. The fraction of sp³-hybridized carbons (Fsp3) is 0.0526. The van der Waals surface area contributed by atoms with Crippen LogP contribution in [0.4, 0.5) is 11.4 Å². The van der Waals surface area contributed by atoms with Crippen molar-refractivity contribution in [3.05, 3.63) is 76.4 Å². The largest absolute Gasteiger partial charge is 0.481 e. The van der Waals surface area contributed by atoms with Crippen LogP contribution >= 0.6 is 23.2 Å². The standard InChI is InChI=1S/C19H15Cl2N3O4S/c1-28-18-8-5-14(11-22-18)23-19(25)12-3-2-4-13(9-12)24-29(26,27)15-6-7-16(20)17(21)10-15/h2-11,24H,1H3,(H,23,25). The molecule has 0 unspecified atom stereocenters. The highest BCUT2D eigenvalue weighted by molar-refractivity contribution is 7.92. The van der Waals surface area contributed by atoms with Crippen molar-refractivity contribution in [3.8, 4) is 5.88 Å². The Kier molecular flexibility index (Phi) is 6.26. The highest BCUT2D eigenvalue weighted by atomic mass is 35.5. The third kappa shape index (κ3) is 5.17. The number of hydrogen-bond donors (Lipinski definition) is 2. The molecule has 0 fully saturated rings. The van der Waals surface area contributed by atoms with Crippen molar-refractivity contribution in [2.24, 2.45) is 0 Å². The summed E-state index contributed by atoms with van der Waals surface area (Å²) in [5.74, 6) is -0.00532. The van der Waals surface area contributed by atoms with Crippen LogP contribution in [-0.4, -0.2) is 26.4 Å². The van der Waals surface area contributed by atoms with Crippen LogP contribution in [0.1, 0.15) is 10.4 Å². The van der Waals surface area contributed by atoms with Crippen LogP contribution in [0.25, 0.3) is 0 Å². The molecule has 150 valence electrons. The van der Waals surface area contributed by atoms with Crippen LogP contribution in [0.3, 0.4) is 0 Å². The molecule has 0 aliphatic rings. The molecule has 3 aromatic rings. The van der Waals surface area contributed by atoms with Crippen LogP contribution in [0.2, 0.25) is 10.0 Å². The highest BCUT2D eigenvalue weighted by Crippen LogP contribution is 2.26. The first-order chi connectivity index (χ1) is 13.8. The molecule has 0 saturated heterocycles. The summed E-state index contributed by atoms with van der Waals surface area (Å²) in [7, 11) is -2.42. The number of aromatic nitrogens is 1. The Hall–Kier alpha value is -2.81. The van der Waals surface area contributed by atoms with Gasteiger partial charge in [-0.2, -0.15) is 0 Å². The molecule has 10 heteroatoms. The van der Waals surface area contributed by atoms with Gasteiger partial charge in [-0.15, -0.1) is 0 Å². The smallest absolute Gasteiger partial charge is 0.261 e. The summed E-state index contributed by atoms with van der Waals surface area (Å²) in [6.45, 7) is 0. The van der Waals surface area contributed by atoms with E-state index in [4.69, 9.17) is 27.9 Å². The average Bonchev–Trinajstić information content (AvgIpc) is 2.70. The van der Waals surface area contributed by atoms with E-state index in [1.807, 2.05) is 0 Å². The second kappa shape index (κ2) is 8.69. The molecule has 2 aromatic carbocycles. The number of methoxy groups -OCH3 is 1. The molecule has 0 spiro atoms. The molecule has 1 amide bonds. The molecule has 1 heterocycles. The van der Waals surface area contributed by atoms with E-state index in [-0.39, 0.29) is 26.2 Å². The van der Waals surface area contributed by atoms with Crippen molar-refractivity contribution >= 4 is 50.5 Å². The molecule has 1 aromatic heterocycles.